The molecule has 23 heavy (non-hydrogen) atoms. The Balaban J connectivity index is 2.02. The SMILES string of the molecule is Cc1noc(C)c1CCC(=O)N(C)C(C)c1ccc(F)c(F)c1. The molecule has 0 aliphatic heterocycles. The van der Waals surface area contributed by atoms with Gasteiger partial charge in [-0.2, -0.15) is 0 Å². The van der Waals surface area contributed by atoms with Crippen LogP contribution >= 0.6 is 0 Å². The number of benzene rings is 1. The largest absolute Gasteiger partial charge is 0.361 e. The first-order chi connectivity index (χ1) is 10.8. The summed E-state index contributed by atoms with van der Waals surface area (Å²) in [6, 6.07) is 3.34. The van der Waals surface area contributed by atoms with Crippen molar-refractivity contribution < 1.29 is 18.1 Å². The summed E-state index contributed by atoms with van der Waals surface area (Å²) < 4.78 is 31.4. The van der Waals surface area contributed by atoms with E-state index in [4.69, 9.17) is 4.52 Å². The van der Waals surface area contributed by atoms with Crippen molar-refractivity contribution in [2.24, 2.45) is 0 Å². The van der Waals surface area contributed by atoms with Crippen molar-refractivity contribution in [2.75, 3.05) is 7.05 Å². The first kappa shape index (κ1) is 17.1. The maximum atomic E-state index is 13.3. The fourth-order valence-corrected chi connectivity index (χ4v) is 2.48. The van der Waals surface area contributed by atoms with Crippen molar-refractivity contribution in [3.8, 4) is 0 Å². The fraction of sp³-hybridized carbons (Fsp3) is 0.412. The number of nitrogens with zero attached hydrogens (tertiary/aromatic N) is 2. The molecule has 1 unspecified atom stereocenters. The van der Waals surface area contributed by atoms with E-state index in [1.807, 2.05) is 13.8 Å². The van der Waals surface area contributed by atoms with E-state index in [1.54, 1.807) is 14.0 Å². The van der Waals surface area contributed by atoms with E-state index in [1.165, 1.54) is 11.0 Å². The molecule has 2 aromatic rings. The predicted octanol–water partition coefficient (Wildman–Crippen LogP) is 3.72. The number of aromatic nitrogens is 1. The molecule has 1 aromatic carbocycles. The minimum absolute atomic E-state index is 0.0813. The Kier molecular flexibility index (Phi) is 5.13. The van der Waals surface area contributed by atoms with Crippen LogP contribution in [0.1, 0.15) is 42.0 Å². The maximum absolute atomic E-state index is 13.3. The third kappa shape index (κ3) is 3.75. The van der Waals surface area contributed by atoms with Gasteiger partial charge in [0.2, 0.25) is 5.91 Å². The average Bonchev–Trinajstić information content (AvgIpc) is 2.84. The van der Waals surface area contributed by atoms with E-state index < -0.39 is 11.6 Å². The van der Waals surface area contributed by atoms with Crippen LogP contribution in [-0.2, 0) is 11.2 Å². The Morgan fingerprint density at radius 3 is 2.57 bits per heavy atom. The van der Waals surface area contributed by atoms with Gasteiger partial charge in [0.05, 0.1) is 11.7 Å². The lowest BCUT2D eigenvalue weighted by molar-refractivity contribution is -0.131. The second kappa shape index (κ2) is 6.89. The molecule has 6 heteroatoms. The lowest BCUT2D eigenvalue weighted by Gasteiger charge is -2.25. The predicted molar refractivity (Wildman–Crippen MR) is 81.8 cm³/mol. The summed E-state index contributed by atoms with van der Waals surface area (Å²) in [6.45, 7) is 5.43. The minimum Gasteiger partial charge on any atom is -0.361 e. The molecule has 1 atom stereocenters. The smallest absolute Gasteiger partial charge is 0.223 e. The highest BCUT2D eigenvalue weighted by Crippen LogP contribution is 2.22. The minimum atomic E-state index is -0.911. The summed E-state index contributed by atoms with van der Waals surface area (Å²) in [5, 5.41) is 3.86. The van der Waals surface area contributed by atoms with Crippen LogP contribution in [0.3, 0.4) is 0 Å². The van der Waals surface area contributed by atoms with Gasteiger partial charge in [0, 0.05) is 19.0 Å². The molecule has 0 saturated carbocycles. The van der Waals surface area contributed by atoms with E-state index in [-0.39, 0.29) is 11.9 Å². The molecular formula is C17H20F2N2O2. The van der Waals surface area contributed by atoms with Gasteiger partial charge in [-0.15, -0.1) is 0 Å². The van der Waals surface area contributed by atoms with Gasteiger partial charge in [-0.25, -0.2) is 8.78 Å². The monoisotopic (exact) mass is 322 g/mol. The molecule has 0 aliphatic rings. The molecule has 4 nitrogen and oxygen atoms in total. The number of aryl methyl sites for hydroxylation is 2. The topological polar surface area (TPSA) is 46.3 Å². The highest BCUT2D eigenvalue weighted by molar-refractivity contribution is 5.76. The summed E-state index contributed by atoms with van der Waals surface area (Å²) in [5.74, 6) is -1.17. The lowest BCUT2D eigenvalue weighted by atomic mass is 10.0. The molecule has 2 rings (SSSR count). The van der Waals surface area contributed by atoms with E-state index >= 15 is 0 Å². The van der Waals surface area contributed by atoms with Crippen molar-refractivity contribution in [3.05, 3.63) is 52.4 Å². The molecule has 0 bridgehead atoms. The third-order valence-electron chi connectivity index (χ3n) is 4.17. The molecule has 1 amide bonds. The number of halogens is 2. The number of hydrogen-bond donors (Lipinski definition) is 0. The van der Waals surface area contributed by atoms with E-state index in [9.17, 15) is 13.6 Å². The van der Waals surface area contributed by atoms with Crippen molar-refractivity contribution in [1.29, 1.82) is 0 Å². The average molecular weight is 322 g/mol. The lowest BCUT2D eigenvalue weighted by Crippen LogP contribution is -2.30. The van der Waals surface area contributed by atoms with Crippen LogP contribution in [0.5, 0.6) is 0 Å². The first-order valence-corrected chi connectivity index (χ1v) is 7.43. The van der Waals surface area contributed by atoms with Gasteiger partial charge in [-0.05, 0) is 44.9 Å². The van der Waals surface area contributed by atoms with Gasteiger partial charge >= 0.3 is 0 Å². The van der Waals surface area contributed by atoms with E-state index in [0.29, 0.717) is 24.2 Å². The zero-order chi connectivity index (χ0) is 17.1. The Bertz CT molecular complexity index is 693. The van der Waals surface area contributed by atoms with Crippen LogP contribution < -0.4 is 0 Å². The Hall–Kier alpha value is -2.24. The van der Waals surface area contributed by atoms with Gasteiger partial charge in [0.15, 0.2) is 11.6 Å². The summed E-state index contributed by atoms with van der Waals surface area (Å²) >= 11 is 0. The summed E-state index contributed by atoms with van der Waals surface area (Å²) in [6.07, 6.45) is 0.836. The van der Waals surface area contributed by atoms with Gasteiger partial charge in [0.1, 0.15) is 5.76 Å². The molecule has 0 aliphatic carbocycles. The van der Waals surface area contributed by atoms with Crippen molar-refractivity contribution in [3.63, 3.8) is 0 Å². The van der Waals surface area contributed by atoms with Gasteiger partial charge in [-0.1, -0.05) is 11.2 Å². The normalized spacial score (nSPS) is 12.3. The van der Waals surface area contributed by atoms with Gasteiger partial charge in [-0.3, -0.25) is 4.79 Å². The third-order valence-corrected chi connectivity index (χ3v) is 4.17. The molecule has 0 fully saturated rings. The van der Waals surface area contributed by atoms with Crippen molar-refractivity contribution in [2.45, 2.75) is 39.7 Å². The van der Waals surface area contributed by atoms with Crippen molar-refractivity contribution in [1.82, 2.24) is 10.1 Å². The van der Waals surface area contributed by atoms with Crippen LogP contribution in [-0.4, -0.2) is 23.0 Å². The van der Waals surface area contributed by atoms with Crippen LogP contribution in [0.2, 0.25) is 0 Å². The number of hydrogen-bond acceptors (Lipinski definition) is 3. The number of carbonyl (C=O) groups excluding carboxylic acids is 1. The van der Waals surface area contributed by atoms with Crippen LogP contribution in [0.25, 0.3) is 0 Å². The van der Waals surface area contributed by atoms with Crippen LogP contribution in [0.4, 0.5) is 8.78 Å². The zero-order valence-corrected chi connectivity index (χ0v) is 13.7. The van der Waals surface area contributed by atoms with Crippen LogP contribution in [0, 0.1) is 25.5 Å². The highest BCUT2D eigenvalue weighted by Gasteiger charge is 2.19. The summed E-state index contributed by atoms with van der Waals surface area (Å²) in [4.78, 5) is 13.9. The molecule has 0 saturated heterocycles. The molecule has 0 radical (unpaired) electrons. The van der Waals surface area contributed by atoms with E-state index in [0.717, 1.165) is 23.4 Å². The van der Waals surface area contributed by atoms with Crippen LogP contribution in [0.15, 0.2) is 22.7 Å². The number of amides is 1. The Labute approximate surface area is 134 Å². The maximum Gasteiger partial charge on any atom is 0.223 e. The second-order valence-corrected chi connectivity index (χ2v) is 5.66. The first-order valence-electron chi connectivity index (χ1n) is 7.43. The highest BCUT2D eigenvalue weighted by atomic mass is 19.2. The standard InChI is InChI=1S/C17H20F2N2O2/c1-10-14(12(3)23-20-10)6-8-17(22)21(4)11(2)13-5-7-15(18)16(19)9-13/h5,7,9,11H,6,8H2,1-4H3. The second-order valence-electron chi connectivity index (χ2n) is 5.66. The molecule has 1 heterocycles. The molecule has 1 aromatic heterocycles. The molecule has 0 spiro atoms. The molecular weight excluding hydrogens is 302 g/mol. The molecule has 124 valence electrons. The number of rotatable bonds is 5. The Morgan fingerprint density at radius 2 is 2.00 bits per heavy atom. The Morgan fingerprint density at radius 1 is 1.30 bits per heavy atom. The molecule has 0 N–H and O–H groups in total. The van der Waals surface area contributed by atoms with E-state index in [2.05, 4.69) is 5.16 Å². The van der Waals surface area contributed by atoms with Gasteiger partial charge < -0.3 is 9.42 Å². The van der Waals surface area contributed by atoms with Gasteiger partial charge in [0.25, 0.3) is 0 Å². The summed E-state index contributed by atoms with van der Waals surface area (Å²) in [7, 11) is 1.65. The number of carbonyl (C=O) groups is 1. The quantitative estimate of drug-likeness (QED) is 0.843. The summed E-state index contributed by atoms with van der Waals surface area (Å²) in [5.41, 5.74) is 2.27. The zero-order valence-electron chi connectivity index (χ0n) is 13.7. The fourth-order valence-electron chi connectivity index (χ4n) is 2.48. The van der Waals surface area contributed by atoms with Crippen molar-refractivity contribution >= 4 is 5.91 Å².